The maximum atomic E-state index is 12.6. The molecule has 0 aliphatic carbocycles. The van der Waals surface area contributed by atoms with Crippen LogP contribution in [0.3, 0.4) is 0 Å². The summed E-state index contributed by atoms with van der Waals surface area (Å²) in [4.78, 5) is 14.8. The first-order chi connectivity index (χ1) is 12.8. The van der Waals surface area contributed by atoms with Crippen LogP contribution in [0.1, 0.15) is 37.4 Å². The highest BCUT2D eigenvalue weighted by Crippen LogP contribution is 2.39. The Morgan fingerprint density at radius 2 is 2.15 bits per heavy atom. The number of aryl methyl sites for hydroxylation is 1. The van der Waals surface area contributed by atoms with E-state index in [0.717, 1.165) is 51.3 Å². The maximum absolute atomic E-state index is 12.6. The Kier molecular flexibility index (Phi) is 5.02. The van der Waals surface area contributed by atoms with Crippen molar-refractivity contribution in [3.8, 4) is 0 Å². The summed E-state index contributed by atoms with van der Waals surface area (Å²) < 4.78 is 30.7. The van der Waals surface area contributed by atoms with E-state index in [1.54, 1.807) is 4.68 Å². The van der Waals surface area contributed by atoms with Crippen LogP contribution in [0.4, 0.5) is 5.82 Å². The number of likely N-dealkylation sites (tertiary alicyclic amines) is 1. The molecule has 0 bridgehead atoms. The number of carbonyl (C=O) groups is 1. The van der Waals surface area contributed by atoms with Gasteiger partial charge in [-0.1, -0.05) is 0 Å². The molecular formula is C18H28N4O4S. The number of nitrogens with zero attached hydrogens (tertiary/aromatic N) is 3. The number of hydrogen-bond acceptors (Lipinski definition) is 6. The van der Waals surface area contributed by atoms with Crippen LogP contribution >= 0.6 is 0 Å². The van der Waals surface area contributed by atoms with Crippen molar-refractivity contribution >= 4 is 21.6 Å². The second kappa shape index (κ2) is 7.18. The average Bonchev–Trinajstić information content (AvgIpc) is 3.26. The fourth-order valence-corrected chi connectivity index (χ4v) is 6.31. The van der Waals surface area contributed by atoms with Gasteiger partial charge in [0.15, 0.2) is 9.84 Å². The summed E-state index contributed by atoms with van der Waals surface area (Å²) in [7, 11) is -3.01. The maximum Gasteiger partial charge on any atom is 0.239 e. The number of nitrogens with one attached hydrogen (secondary N) is 1. The number of amides is 1. The summed E-state index contributed by atoms with van der Waals surface area (Å²) in [6, 6.07) is 1.61. The molecule has 3 saturated heterocycles. The van der Waals surface area contributed by atoms with Gasteiger partial charge in [0.05, 0.1) is 29.8 Å². The van der Waals surface area contributed by atoms with E-state index in [9.17, 15) is 13.2 Å². The van der Waals surface area contributed by atoms with Crippen molar-refractivity contribution in [2.24, 2.45) is 5.41 Å². The lowest BCUT2D eigenvalue weighted by molar-refractivity contribution is -0.117. The van der Waals surface area contributed by atoms with Gasteiger partial charge >= 0.3 is 0 Å². The molecule has 150 valence electrons. The van der Waals surface area contributed by atoms with Crippen LogP contribution in [-0.4, -0.2) is 73.4 Å². The van der Waals surface area contributed by atoms with Crippen molar-refractivity contribution in [3.05, 3.63) is 11.8 Å². The van der Waals surface area contributed by atoms with E-state index < -0.39 is 9.84 Å². The number of carbonyl (C=O) groups excluding carboxylic acids is 1. The third-order valence-electron chi connectivity index (χ3n) is 6.12. The van der Waals surface area contributed by atoms with E-state index in [1.807, 2.05) is 13.0 Å². The summed E-state index contributed by atoms with van der Waals surface area (Å²) in [6.07, 6.45) is 3.82. The molecule has 1 N–H and O–H groups in total. The molecule has 0 saturated carbocycles. The summed E-state index contributed by atoms with van der Waals surface area (Å²) in [5.41, 5.74) is 1.09. The number of aromatic nitrogens is 2. The predicted molar refractivity (Wildman–Crippen MR) is 101 cm³/mol. The van der Waals surface area contributed by atoms with E-state index in [1.165, 1.54) is 0 Å². The van der Waals surface area contributed by atoms with E-state index in [0.29, 0.717) is 24.2 Å². The van der Waals surface area contributed by atoms with E-state index in [4.69, 9.17) is 4.74 Å². The van der Waals surface area contributed by atoms with E-state index in [2.05, 4.69) is 15.3 Å². The van der Waals surface area contributed by atoms with Gasteiger partial charge in [-0.05, 0) is 44.6 Å². The first kappa shape index (κ1) is 18.9. The normalized spacial score (nSPS) is 27.2. The smallest absolute Gasteiger partial charge is 0.239 e. The number of hydrogen-bond donors (Lipinski definition) is 1. The van der Waals surface area contributed by atoms with Gasteiger partial charge in [-0.3, -0.25) is 9.69 Å². The highest BCUT2D eigenvalue weighted by molar-refractivity contribution is 7.91. The lowest BCUT2D eigenvalue weighted by Gasteiger charge is -2.33. The molecule has 27 heavy (non-hydrogen) atoms. The van der Waals surface area contributed by atoms with Crippen LogP contribution in [0.5, 0.6) is 0 Å². The van der Waals surface area contributed by atoms with Crippen molar-refractivity contribution in [3.63, 3.8) is 0 Å². The fourth-order valence-electron chi connectivity index (χ4n) is 4.62. The number of anilines is 1. The molecule has 1 aromatic rings. The Bertz CT molecular complexity index is 813. The zero-order valence-corrected chi connectivity index (χ0v) is 16.6. The summed E-state index contributed by atoms with van der Waals surface area (Å²) >= 11 is 0. The molecule has 8 nitrogen and oxygen atoms in total. The third-order valence-corrected chi connectivity index (χ3v) is 7.87. The average molecular weight is 397 g/mol. The van der Waals surface area contributed by atoms with Gasteiger partial charge in [-0.25, -0.2) is 13.1 Å². The molecule has 3 fully saturated rings. The molecule has 1 spiro atoms. The van der Waals surface area contributed by atoms with Crippen molar-refractivity contribution in [2.45, 2.75) is 38.6 Å². The Balaban J connectivity index is 1.38. The number of sulfone groups is 1. The van der Waals surface area contributed by atoms with Gasteiger partial charge in [0.2, 0.25) is 5.91 Å². The minimum Gasteiger partial charge on any atom is -0.381 e. The van der Waals surface area contributed by atoms with Crippen molar-refractivity contribution in [1.82, 2.24) is 14.7 Å². The molecular weight excluding hydrogens is 368 g/mol. The van der Waals surface area contributed by atoms with Crippen LogP contribution in [0.25, 0.3) is 0 Å². The number of rotatable bonds is 4. The quantitative estimate of drug-likeness (QED) is 0.816. The highest BCUT2D eigenvalue weighted by atomic mass is 32.2. The Morgan fingerprint density at radius 3 is 2.85 bits per heavy atom. The molecule has 1 unspecified atom stereocenters. The van der Waals surface area contributed by atoms with E-state index in [-0.39, 0.29) is 23.5 Å². The van der Waals surface area contributed by atoms with Crippen LogP contribution in [0, 0.1) is 12.3 Å². The van der Waals surface area contributed by atoms with Gasteiger partial charge in [-0.2, -0.15) is 5.10 Å². The van der Waals surface area contributed by atoms with Gasteiger partial charge in [-0.15, -0.1) is 0 Å². The minimum absolute atomic E-state index is 0.0684. The summed E-state index contributed by atoms with van der Waals surface area (Å²) in [5.74, 6) is 0.803. The molecule has 0 aromatic carbocycles. The Labute approximate surface area is 160 Å². The molecule has 0 radical (unpaired) electrons. The molecule has 3 aliphatic rings. The second-order valence-electron chi connectivity index (χ2n) is 8.29. The van der Waals surface area contributed by atoms with Crippen molar-refractivity contribution in [1.29, 1.82) is 0 Å². The third kappa shape index (κ3) is 4.20. The lowest BCUT2D eigenvalue weighted by atomic mass is 9.80. The minimum atomic E-state index is -3.01. The van der Waals surface area contributed by atoms with Crippen molar-refractivity contribution < 1.29 is 17.9 Å². The fraction of sp³-hybridized carbons (Fsp3) is 0.778. The zero-order valence-electron chi connectivity index (χ0n) is 15.8. The summed E-state index contributed by atoms with van der Waals surface area (Å²) in [5, 5.41) is 7.38. The molecule has 1 aromatic heterocycles. The Hall–Kier alpha value is -1.45. The topological polar surface area (TPSA) is 93.5 Å². The van der Waals surface area contributed by atoms with Gasteiger partial charge in [0.1, 0.15) is 5.82 Å². The predicted octanol–water partition coefficient (Wildman–Crippen LogP) is 0.992. The first-order valence-corrected chi connectivity index (χ1v) is 11.5. The molecule has 4 heterocycles. The molecule has 9 heteroatoms. The largest absolute Gasteiger partial charge is 0.381 e. The SMILES string of the molecule is Cc1cc(NC(=O)CN2CCC3(CCOCC3)C2)n(C2CCS(=O)(=O)C2)n1. The van der Waals surface area contributed by atoms with Gasteiger partial charge in [0, 0.05) is 25.8 Å². The lowest BCUT2D eigenvalue weighted by Crippen LogP contribution is -2.36. The molecule has 4 rings (SSSR count). The second-order valence-corrected chi connectivity index (χ2v) is 10.5. The van der Waals surface area contributed by atoms with Crippen LogP contribution in [-0.2, 0) is 19.4 Å². The molecule has 1 atom stereocenters. The monoisotopic (exact) mass is 396 g/mol. The van der Waals surface area contributed by atoms with Crippen LogP contribution in [0.2, 0.25) is 0 Å². The number of ether oxygens (including phenoxy) is 1. The highest BCUT2D eigenvalue weighted by Gasteiger charge is 2.39. The van der Waals surface area contributed by atoms with E-state index >= 15 is 0 Å². The van der Waals surface area contributed by atoms with Crippen LogP contribution < -0.4 is 5.32 Å². The Morgan fingerprint density at radius 1 is 1.37 bits per heavy atom. The molecule has 3 aliphatic heterocycles. The summed E-state index contributed by atoms with van der Waals surface area (Å²) in [6.45, 7) is 5.74. The molecule has 1 amide bonds. The zero-order chi connectivity index (χ0) is 19.1. The van der Waals surface area contributed by atoms with Crippen LogP contribution in [0.15, 0.2) is 6.07 Å². The van der Waals surface area contributed by atoms with Crippen molar-refractivity contribution in [2.75, 3.05) is 49.7 Å². The first-order valence-electron chi connectivity index (χ1n) is 9.71. The van der Waals surface area contributed by atoms with Gasteiger partial charge in [0.25, 0.3) is 0 Å². The standard InChI is InChI=1S/C18H28N4O4S/c1-14-10-16(22(20-14)15-2-9-27(24,25)12-15)19-17(23)11-21-6-3-18(13-21)4-7-26-8-5-18/h10,15H,2-9,11-13H2,1H3,(H,19,23). The van der Waals surface area contributed by atoms with Gasteiger partial charge < -0.3 is 10.1 Å².